The lowest BCUT2D eigenvalue weighted by atomic mass is 9.79. The molecule has 0 amide bonds. The molecule has 6 rings (SSSR count). The highest BCUT2D eigenvalue weighted by molar-refractivity contribution is 5.85. The molecule has 0 radical (unpaired) electrons. The number of methoxy groups -OCH3 is 1. The molecule has 1 spiro atoms. The second kappa shape index (κ2) is 9.48. The topological polar surface area (TPSA) is 43.8 Å². The molecule has 0 aliphatic carbocycles. The van der Waals surface area contributed by atoms with Gasteiger partial charge in [-0.1, -0.05) is 36.4 Å². The summed E-state index contributed by atoms with van der Waals surface area (Å²) in [5.41, 5.74) is 7.16. The van der Waals surface area contributed by atoms with Crippen LogP contribution in [0, 0.1) is 0 Å². The van der Waals surface area contributed by atoms with Crippen LogP contribution in [0.4, 0.5) is 0 Å². The first-order valence-electron chi connectivity index (χ1n) is 12.7. The first-order chi connectivity index (χ1) is 17.3. The van der Waals surface area contributed by atoms with E-state index in [4.69, 9.17) is 14.2 Å². The average Bonchev–Trinajstić information content (AvgIpc) is 3.07. The molecule has 5 heteroatoms. The fourth-order valence-corrected chi connectivity index (χ4v) is 5.84. The number of ether oxygens (including phenoxy) is 3. The van der Waals surface area contributed by atoms with Crippen molar-refractivity contribution in [3.63, 3.8) is 0 Å². The molecule has 1 fully saturated rings. The van der Waals surface area contributed by atoms with Crippen LogP contribution in [0.25, 0.3) is 5.57 Å². The Morgan fingerprint density at radius 2 is 1.94 bits per heavy atom. The SMILES string of the molecule is COc1ccc2c(c1)C(=CCCN1CCC3(CC1)OCCc1ccccc13)c1cccnc1CO2. The molecule has 1 saturated heterocycles. The third-order valence-corrected chi connectivity index (χ3v) is 7.74. The Hall–Kier alpha value is -3.15. The summed E-state index contributed by atoms with van der Waals surface area (Å²) in [6.45, 7) is 4.45. The lowest BCUT2D eigenvalue weighted by Gasteiger charge is -2.45. The Kier molecular flexibility index (Phi) is 6.05. The minimum Gasteiger partial charge on any atom is -0.497 e. The quantitative estimate of drug-likeness (QED) is 0.515. The largest absolute Gasteiger partial charge is 0.497 e. The van der Waals surface area contributed by atoms with Gasteiger partial charge < -0.3 is 19.1 Å². The number of aromatic nitrogens is 1. The van der Waals surface area contributed by atoms with Gasteiger partial charge in [0, 0.05) is 37.0 Å². The Labute approximate surface area is 207 Å². The Bertz CT molecular complexity index is 1240. The minimum atomic E-state index is -0.0947. The number of hydrogen-bond acceptors (Lipinski definition) is 5. The number of hydrogen-bond donors (Lipinski definition) is 0. The summed E-state index contributed by atoms with van der Waals surface area (Å²) in [5.74, 6) is 1.71. The summed E-state index contributed by atoms with van der Waals surface area (Å²) in [6.07, 6.45) is 8.30. The highest BCUT2D eigenvalue weighted by atomic mass is 16.5. The van der Waals surface area contributed by atoms with E-state index < -0.39 is 0 Å². The van der Waals surface area contributed by atoms with Crippen molar-refractivity contribution in [1.82, 2.24) is 9.88 Å². The summed E-state index contributed by atoms with van der Waals surface area (Å²) in [4.78, 5) is 7.17. The monoisotopic (exact) mass is 468 g/mol. The van der Waals surface area contributed by atoms with Crippen molar-refractivity contribution in [3.8, 4) is 11.5 Å². The second-order valence-electron chi connectivity index (χ2n) is 9.65. The first-order valence-corrected chi connectivity index (χ1v) is 12.7. The number of nitrogens with zero attached hydrogens (tertiary/aromatic N) is 2. The number of piperidine rings is 1. The van der Waals surface area contributed by atoms with Gasteiger partial charge in [-0.25, -0.2) is 0 Å². The van der Waals surface area contributed by atoms with Gasteiger partial charge in [-0.2, -0.15) is 0 Å². The van der Waals surface area contributed by atoms with Crippen LogP contribution in [-0.4, -0.2) is 43.2 Å². The average molecular weight is 469 g/mol. The molecule has 1 aromatic heterocycles. The summed E-state index contributed by atoms with van der Waals surface area (Å²) in [6, 6.07) is 19.0. The van der Waals surface area contributed by atoms with Crippen molar-refractivity contribution in [2.45, 2.75) is 37.9 Å². The molecule has 3 aliphatic rings. The van der Waals surface area contributed by atoms with E-state index in [1.54, 1.807) is 7.11 Å². The number of fused-ring (bicyclic) bond motifs is 4. The molecular formula is C30H32N2O3. The summed E-state index contributed by atoms with van der Waals surface area (Å²) in [7, 11) is 1.70. The van der Waals surface area contributed by atoms with Gasteiger partial charge in [0.2, 0.25) is 0 Å². The standard InChI is InChI=1S/C30H32N2O3/c1-33-23-10-11-29-26(20-23)24(25-7-4-15-31-28(25)21-34-29)8-5-16-32-17-13-30(14-18-32)27-9-3-2-6-22(27)12-19-35-30/h2-4,6-11,15,20H,5,12-14,16-19,21H2,1H3. The Morgan fingerprint density at radius 3 is 2.83 bits per heavy atom. The zero-order valence-electron chi connectivity index (χ0n) is 20.3. The maximum atomic E-state index is 6.42. The predicted octanol–water partition coefficient (Wildman–Crippen LogP) is 5.37. The van der Waals surface area contributed by atoms with Crippen molar-refractivity contribution in [2.24, 2.45) is 0 Å². The van der Waals surface area contributed by atoms with Crippen molar-refractivity contribution < 1.29 is 14.2 Å². The Balaban J connectivity index is 1.20. The van der Waals surface area contributed by atoms with E-state index >= 15 is 0 Å². The fraction of sp³-hybridized carbons (Fsp3) is 0.367. The van der Waals surface area contributed by atoms with E-state index in [0.29, 0.717) is 6.61 Å². The number of rotatable bonds is 4. The van der Waals surface area contributed by atoms with Crippen LogP contribution in [0.5, 0.6) is 11.5 Å². The summed E-state index contributed by atoms with van der Waals surface area (Å²) in [5, 5.41) is 0. The molecule has 35 heavy (non-hydrogen) atoms. The smallest absolute Gasteiger partial charge is 0.131 e. The van der Waals surface area contributed by atoms with Gasteiger partial charge in [-0.3, -0.25) is 4.98 Å². The van der Waals surface area contributed by atoms with Gasteiger partial charge in [-0.05, 0) is 66.6 Å². The zero-order chi connectivity index (χ0) is 23.7. The molecule has 3 aliphatic heterocycles. The van der Waals surface area contributed by atoms with E-state index in [1.807, 2.05) is 24.4 Å². The van der Waals surface area contributed by atoms with Gasteiger partial charge in [0.1, 0.15) is 18.1 Å². The second-order valence-corrected chi connectivity index (χ2v) is 9.65. The molecule has 0 saturated carbocycles. The summed E-state index contributed by atoms with van der Waals surface area (Å²) < 4.78 is 18.1. The maximum Gasteiger partial charge on any atom is 0.131 e. The number of likely N-dealkylation sites (tertiary alicyclic amines) is 1. The Morgan fingerprint density at radius 1 is 1.06 bits per heavy atom. The van der Waals surface area contributed by atoms with Crippen LogP contribution >= 0.6 is 0 Å². The zero-order valence-corrected chi connectivity index (χ0v) is 20.3. The number of pyridine rings is 1. The van der Waals surface area contributed by atoms with Crippen LogP contribution in [0.2, 0.25) is 0 Å². The van der Waals surface area contributed by atoms with Crippen molar-refractivity contribution in [3.05, 3.63) is 94.8 Å². The summed E-state index contributed by atoms with van der Waals surface area (Å²) >= 11 is 0. The molecule has 0 N–H and O–H groups in total. The van der Waals surface area contributed by atoms with Gasteiger partial charge >= 0.3 is 0 Å². The molecule has 5 nitrogen and oxygen atoms in total. The molecular weight excluding hydrogens is 436 g/mol. The van der Waals surface area contributed by atoms with Gasteiger partial charge in [0.15, 0.2) is 0 Å². The van der Waals surface area contributed by atoms with Gasteiger partial charge in [0.05, 0.1) is 25.0 Å². The molecule has 0 bridgehead atoms. The fourth-order valence-electron chi connectivity index (χ4n) is 5.84. The van der Waals surface area contributed by atoms with E-state index in [9.17, 15) is 0 Å². The van der Waals surface area contributed by atoms with Crippen molar-refractivity contribution in [2.75, 3.05) is 33.4 Å². The molecule has 0 atom stereocenters. The molecule has 3 aromatic rings. The van der Waals surface area contributed by atoms with Crippen molar-refractivity contribution in [1.29, 1.82) is 0 Å². The lowest BCUT2D eigenvalue weighted by Crippen LogP contribution is -2.46. The third-order valence-electron chi connectivity index (χ3n) is 7.74. The van der Waals surface area contributed by atoms with E-state index in [2.05, 4.69) is 52.4 Å². The van der Waals surface area contributed by atoms with Gasteiger partial charge in [0.25, 0.3) is 0 Å². The van der Waals surface area contributed by atoms with Crippen LogP contribution < -0.4 is 9.47 Å². The van der Waals surface area contributed by atoms with Crippen molar-refractivity contribution >= 4 is 5.57 Å². The minimum absolute atomic E-state index is 0.0947. The molecule has 2 aromatic carbocycles. The van der Waals surface area contributed by atoms with Crippen LogP contribution in [0.3, 0.4) is 0 Å². The predicted molar refractivity (Wildman–Crippen MR) is 137 cm³/mol. The van der Waals surface area contributed by atoms with Gasteiger partial charge in [-0.15, -0.1) is 0 Å². The number of benzene rings is 2. The van der Waals surface area contributed by atoms with E-state index in [1.165, 1.54) is 16.7 Å². The molecule has 180 valence electrons. The molecule has 0 unspecified atom stereocenters. The van der Waals surface area contributed by atoms with E-state index in [0.717, 1.165) is 80.2 Å². The highest BCUT2D eigenvalue weighted by Gasteiger charge is 2.40. The third kappa shape index (κ3) is 4.24. The van der Waals surface area contributed by atoms with Crippen LogP contribution in [0.15, 0.2) is 66.9 Å². The first kappa shape index (κ1) is 22.3. The highest BCUT2D eigenvalue weighted by Crippen LogP contribution is 2.42. The normalized spacial score (nSPS) is 19.9. The van der Waals surface area contributed by atoms with E-state index in [-0.39, 0.29) is 5.60 Å². The molecule has 4 heterocycles. The lowest BCUT2D eigenvalue weighted by molar-refractivity contribution is -0.0976. The van der Waals surface area contributed by atoms with Crippen LogP contribution in [0.1, 0.15) is 47.2 Å². The maximum absolute atomic E-state index is 6.42. The van der Waals surface area contributed by atoms with Crippen LogP contribution in [-0.2, 0) is 23.4 Å².